The van der Waals surface area contributed by atoms with Crippen molar-refractivity contribution in [2.45, 2.75) is 13.0 Å². The molecule has 0 radical (unpaired) electrons. The first kappa shape index (κ1) is 18.7. The monoisotopic (exact) mass is 381 g/mol. The number of hydrogen-bond donors (Lipinski definition) is 0. The molecule has 7 heteroatoms. The van der Waals surface area contributed by atoms with Crippen LogP contribution in [0.4, 0.5) is 0 Å². The first-order valence-electron chi connectivity index (χ1n) is 8.33. The molecule has 0 aliphatic heterocycles. The number of aryl methyl sites for hydroxylation is 1. The minimum atomic E-state index is -1.01. The maximum absolute atomic E-state index is 12.8. The Balaban J connectivity index is 1.88. The lowest BCUT2D eigenvalue weighted by molar-refractivity contribution is -0.138. The summed E-state index contributed by atoms with van der Waals surface area (Å²) in [5, 5.41) is 0.634. The molecule has 138 valence electrons. The molecule has 3 rings (SSSR count). The molecule has 3 aromatic rings. The lowest BCUT2D eigenvalue weighted by atomic mass is 10.1. The highest BCUT2D eigenvalue weighted by atomic mass is 32.1. The standard InChI is InChI=1S/C20H19N3O3S/c1-13-17(27-18(22-13)15-11-7-8-12-21-15)20(25)26-16(19(24)23(2)3)14-9-5-4-6-10-14/h4-12,16H,1-3H3. The number of amides is 1. The number of carbonyl (C=O) groups is 2. The van der Waals surface area contributed by atoms with Gasteiger partial charge in [0.05, 0.1) is 11.4 Å². The average Bonchev–Trinajstić information content (AvgIpc) is 3.08. The van der Waals surface area contributed by atoms with Crippen molar-refractivity contribution in [1.29, 1.82) is 0 Å². The largest absolute Gasteiger partial charge is 0.443 e. The Kier molecular flexibility index (Phi) is 5.61. The summed E-state index contributed by atoms with van der Waals surface area (Å²) in [5.74, 6) is -0.877. The van der Waals surface area contributed by atoms with Gasteiger partial charge in [0.15, 0.2) is 0 Å². The van der Waals surface area contributed by atoms with Crippen LogP contribution in [-0.2, 0) is 9.53 Å². The number of pyridine rings is 1. The molecule has 1 atom stereocenters. The highest BCUT2D eigenvalue weighted by Crippen LogP contribution is 2.29. The van der Waals surface area contributed by atoms with Gasteiger partial charge in [-0.3, -0.25) is 9.78 Å². The van der Waals surface area contributed by atoms with Gasteiger partial charge in [0.2, 0.25) is 6.10 Å². The van der Waals surface area contributed by atoms with Gasteiger partial charge in [-0.15, -0.1) is 11.3 Å². The predicted molar refractivity (Wildman–Crippen MR) is 103 cm³/mol. The van der Waals surface area contributed by atoms with E-state index >= 15 is 0 Å². The molecule has 0 saturated heterocycles. The fourth-order valence-corrected chi connectivity index (χ4v) is 3.39. The molecule has 0 bridgehead atoms. The summed E-state index contributed by atoms with van der Waals surface area (Å²) in [6.45, 7) is 1.74. The van der Waals surface area contributed by atoms with Crippen molar-refractivity contribution >= 4 is 23.2 Å². The van der Waals surface area contributed by atoms with E-state index in [1.807, 2.05) is 24.3 Å². The lowest BCUT2D eigenvalue weighted by Gasteiger charge is -2.21. The second-order valence-electron chi connectivity index (χ2n) is 6.08. The SMILES string of the molecule is Cc1nc(-c2ccccn2)sc1C(=O)OC(C(=O)N(C)C)c1ccccc1. The number of rotatable bonds is 5. The van der Waals surface area contributed by atoms with Crippen LogP contribution in [0.15, 0.2) is 54.7 Å². The molecule has 0 aliphatic carbocycles. The Morgan fingerprint density at radius 2 is 1.78 bits per heavy atom. The predicted octanol–water partition coefficient (Wildman–Crippen LogP) is 3.50. The summed E-state index contributed by atoms with van der Waals surface area (Å²) >= 11 is 1.20. The molecule has 1 amide bonds. The molecule has 1 unspecified atom stereocenters. The molecule has 0 saturated carbocycles. The summed E-state index contributed by atoms with van der Waals surface area (Å²) in [6.07, 6.45) is 0.666. The number of likely N-dealkylation sites (N-methyl/N-ethyl adjacent to an activating group) is 1. The third kappa shape index (κ3) is 4.20. The van der Waals surface area contributed by atoms with E-state index in [1.54, 1.807) is 51.5 Å². The Hall–Kier alpha value is -3.06. The normalized spacial score (nSPS) is 11.7. The summed E-state index contributed by atoms with van der Waals surface area (Å²) in [5.41, 5.74) is 1.86. The van der Waals surface area contributed by atoms with Crippen LogP contribution in [0.3, 0.4) is 0 Å². The zero-order valence-electron chi connectivity index (χ0n) is 15.2. The van der Waals surface area contributed by atoms with Crippen LogP contribution in [0.2, 0.25) is 0 Å². The van der Waals surface area contributed by atoms with E-state index in [1.165, 1.54) is 16.2 Å². The number of benzene rings is 1. The molecule has 6 nitrogen and oxygen atoms in total. The van der Waals surface area contributed by atoms with E-state index in [4.69, 9.17) is 4.74 Å². The Morgan fingerprint density at radius 3 is 2.41 bits per heavy atom. The number of carbonyl (C=O) groups excluding carboxylic acids is 2. The van der Waals surface area contributed by atoms with Gasteiger partial charge < -0.3 is 9.64 Å². The molecule has 27 heavy (non-hydrogen) atoms. The van der Waals surface area contributed by atoms with E-state index < -0.39 is 12.1 Å². The quantitative estimate of drug-likeness (QED) is 0.633. The third-order valence-electron chi connectivity index (χ3n) is 3.86. The zero-order valence-corrected chi connectivity index (χ0v) is 16.1. The van der Waals surface area contributed by atoms with Crippen molar-refractivity contribution in [2.24, 2.45) is 0 Å². The molecule has 2 aromatic heterocycles. The van der Waals surface area contributed by atoms with Gasteiger partial charge in [0.1, 0.15) is 9.88 Å². The number of aromatic nitrogens is 2. The van der Waals surface area contributed by atoms with Gasteiger partial charge in [-0.25, -0.2) is 9.78 Å². The summed E-state index contributed by atoms with van der Waals surface area (Å²) in [7, 11) is 3.26. The molecule has 0 spiro atoms. The molecule has 0 aliphatic rings. The minimum Gasteiger partial charge on any atom is -0.443 e. The average molecular weight is 381 g/mol. The first-order chi connectivity index (χ1) is 13.0. The van der Waals surface area contributed by atoms with Gasteiger partial charge >= 0.3 is 5.97 Å². The molecule has 1 aromatic carbocycles. The number of ether oxygens (including phenoxy) is 1. The van der Waals surface area contributed by atoms with Crippen LogP contribution in [0, 0.1) is 6.92 Å². The number of hydrogen-bond acceptors (Lipinski definition) is 6. The zero-order chi connectivity index (χ0) is 19.4. The van der Waals surface area contributed by atoms with E-state index in [0.717, 1.165) is 0 Å². The number of thiazole rings is 1. The number of nitrogens with zero attached hydrogens (tertiary/aromatic N) is 3. The van der Waals surface area contributed by atoms with Crippen molar-refractivity contribution in [3.63, 3.8) is 0 Å². The molecular weight excluding hydrogens is 362 g/mol. The summed E-state index contributed by atoms with van der Waals surface area (Å²) in [6, 6.07) is 14.5. The topological polar surface area (TPSA) is 72.4 Å². The Labute approximate surface area is 161 Å². The summed E-state index contributed by atoms with van der Waals surface area (Å²) < 4.78 is 5.60. The third-order valence-corrected chi connectivity index (χ3v) is 5.02. The fraction of sp³-hybridized carbons (Fsp3) is 0.200. The van der Waals surface area contributed by atoms with Gasteiger partial charge in [-0.2, -0.15) is 0 Å². The summed E-state index contributed by atoms with van der Waals surface area (Å²) in [4.78, 5) is 35.8. The molecular formula is C20H19N3O3S. The van der Waals surface area contributed by atoms with Crippen molar-refractivity contribution in [1.82, 2.24) is 14.9 Å². The van der Waals surface area contributed by atoms with E-state index in [0.29, 0.717) is 26.8 Å². The van der Waals surface area contributed by atoms with Crippen molar-refractivity contribution in [3.8, 4) is 10.7 Å². The van der Waals surface area contributed by atoms with E-state index in [2.05, 4.69) is 9.97 Å². The first-order valence-corrected chi connectivity index (χ1v) is 9.15. The van der Waals surface area contributed by atoms with Crippen LogP contribution in [-0.4, -0.2) is 40.8 Å². The molecule has 0 fully saturated rings. The maximum atomic E-state index is 12.8. The molecule has 2 heterocycles. The Morgan fingerprint density at radius 1 is 1.07 bits per heavy atom. The van der Waals surface area contributed by atoms with Crippen LogP contribution >= 0.6 is 11.3 Å². The lowest BCUT2D eigenvalue weighted by Crippen LogP contribution is -2.31. The smallest absolute Gasteiger partial charge is 0.351 e. The van der Waals surface area contributed by atoms with Gasteiger partial charge in [-0.05, 0) is 19.1 Å². The van der Waals surface area contributed by atoms with Gasteiger partial charge in [0, 0.05) is 25.9 Å². The maximum Gasteiger partial charge on any atom is 0.351 e. The van der Waals surface area contributed by atoms with Crippen LogP contribution in [0.1, 0.15) is 27.0 Å². The van der Waals surface area contributed by atoms with Gasteiger partial charge in [0.25, 0.3) is 5.91 Å². The van der Waals surface area contributed by atoms with E-state index in [9.17, 15) is 9.59 Å². The Bertz CT molecular complexity index is 940. The highest BCUT2D eigenvalue weighted by molar-refractivity contribution is 7.17. The fourth-order valence-electron chi connectivity index (χ4n) is 2.47. The van der Waals surface area contributed by atoms with Gasteiger partial charge in [-0.1, -0.05) is 36.4 Å². The second kappa shape index (κ2) is 8.09. The minimum absolute atomic E-state index is 0.304. The highest BCUT2D eigenvalue weighted by Gasteiger charge is 2.29. The van der Waals surface area contributed by atoms with Crippen LogP contribution in [0.25, 0.3) is 10.7 Å². The van der Waals surface area contributed by atoms with Crippen molar-refractivity contribution < 1.29 is 14.3 Å². The van der Waals surface area contributed by atoms with Crippen molar-refractivity contribution in [3.05, 3.63) is 70.9 Å². The van der Waals surface area contributed by atoms with Crippen LogP contribution < -0.4 is 0 Å². The van der Waals surface area contributed by atoms with E-state index in [-0.39, 0.29) is 5.91 Å². The second-order valence-corrected chi connectivity index (χ2v) is 7.08. The van der Waals surface area contributed by atoms with Crippen LogP contribution in [0.5, 0.6) is 0 Å². The number of esters is 1. The van der Waals surface area contributed by atoms with Crippen molar-refractivity contribution in [2.75, 3.05) is 14.1 Å². The molecule has 0 N–H and O–H groups in total.